The third-order valence-corrected chi connectivity index (χ3v) is 3.86. The van der Waals surface area contributed by atoms with Gasteiger partial charge in [-0.15, -0.1) is 24.2 Å². The summed E-state index contributed by atoms with van der Waals surface area (Å²) < 4.78 is 4.72. The first-order valence-electron chi connectivity index (χ1n) is 5.32. The Balaban J connectivity index is 0.00000144. The number of hydrogen-bond donors (Lipinski definition) is 1. The van der Waals surface area contributed by atoms with E-state index in [9.17, 15) is 4.79 Å². The number of benzene rings is 1. The van der Waals surface area contributed by atoms with E-state index in [-0.39, 0.29) is 29.9 Å². The Labute approximate surface area is 117 Å². The van der Waals surface area contributed by atoms with E-state index in [1.807, 2.05) is 30.0 Å². The molecule has 3 N–H and O–H groups in total. The van der Waals surface area contributed by atoms with Gasteiger partial charge in [0, 0.05) is 16.7 Å². The molecule has 1 aromatic carbocycles. The van der Waals surface area contributed by atoms with Crippen LogP contribution in [0.4, 0.5) is 0 Å². The van der Waals surface area contributed by atoms with Gasteiger partial charge in [0.25, 0.3) is 0 Å². The minimum absolute atomic E-state index is 0. The van der Waals surface area contributed by atoms with Crippen molar-refractivity contribution >= 4 is 30.1 Å². The first-order valence-corrected chi connectivity index (χ1v) is 6.20. The predicted molar refractivity (Wildman–Crippen MR) is 75.4 cm³/mol. The molecule has 2 unspecified atom stereocenters. The lowest BCUT2D eigenvalue weighted by Crippen LogP contribution is -2.31. The number of halogens is 1. The monoisotopic (exact) mass is 291 g/mol. The molecule has 6 heteroatoms. The number of carbonyl (C=O) groups excluding carboxylic acids is 1. The van der Waals surface area contributed by atoms with Crippen molar-refractivity contribution in [3.8, 4) is 0 Å². The lowest BCUT2D eigenvalue weighted by Gasteiger charge is -2.08. The maximum Gasteiger partial charge on any atom is 0.322 e. The number of rotatable bonds is 3. The first-order chi connectivity index (χ1) is 7.79. The molecule has 1 fully saturated rings. The lowest BCUT2D eigenvalue weighted by atomic mass is 10.2. The Morgan fingerprint density at radius 1 is 1.39 bits per heavy atom. The van der Waals surface area contributed by atoms with Gasteiger partial charge >= 0.3 is 5.97 Å². The lowest BCUT2D eigenvalue weighted by molar-refractivity contribution is -0.142. The summed E-state index contributed by atoms with van der Waals surface area (Å²) in [4.78, 5) is 12.6. The fraction of sp³-hybridized carbons (Fsp3) is 0.417. The van der Waals surface area contributed by atoms with Crippen LogP contribution >= 0.6 is 24.2 Å². The average Bonchev–Trinajstić information content (AvgIpc) is 2.78. The molecule has 1 aliphatic rings. The number of esters is 1. The van der Waals surface area contributed by atoms with Gasteiger partial charge in [0.2, 0.25) is 0 Å². The molecule has 1 saturated heterocycles. The minimum atomic E-state index is -0.156. The van der Waals surface area contributed by atoms with E-state index in [0.717, 1.165) is 13.0 Å². The van der Waals surface area contributed by atoms with Crippen LogP contribution in [0.1, 0.15) is 6.42 Å². The van der Waals surface area contributed by atoms with Gasteiger partial charge in [-0.2, -0.15) is 0 Å². The molecule has 0 bridgehead atoms. The van der Waals surface area contributed by atoms with Gasteiger partial charge in [0.05, 0.1) is 7.11 Å². The van der Waals surface area contributed by atoms with Crippen LogP contribution in [-0.4, -0.2) is 36.4 Å². The van der Waals surface area contributed by atoms with Crippen LogP contribution in [-0.2, 0) is 9.53 Å². The Bertz CT molecular complexity index is 364. The standard InChI is InChI=1S/C12H15NO2S.ClH.H2O/c1-15-12(14)11-7-10(8-13-11)16-9-5-3-2-4-6-9;;/h2-6,10-11,13H,7-8H2,1H3;1H;1H2. The summed E-state index contributed by atoms with van der Waals surface area (Å²) in [5, 5.41) is 3.63. The van der Waals surface area contributed by atoms with Gasteiger partial charge < -0.3 is 15.5 Å². The van der Waals surface area contributed by atoms with Gasteiger partial charge in [-0.1, -0.05) is 18.2 Å². The molecule has 0 aliphatic carbocycles. The predicted octanol–water partition coefficient (Wildman–Crippen LogP) is 1.28. The van der Waals surface area contributed by atoms with Gasteiger partial charge in [-0.05, 0) is 18.6 Å². The van der Waals surface area contributed by atoms with Crippen LogP contribution in [0.3, 0.4) is 0 Å². The number of methoxy groups -OCH3 is 1. The van der Waals surface area contributed by atoms with E-state index in [4.69, 9.17) is 4.74 Å². The second-order valence-corrected chi connectivity index (χ2v) is 5.15. The van der Waals surface area contributed by atoms with Crippen LogP contribution < -0.4 is 5.32 Å². The second-order valence-electron chi connectivity index (χ2n) is 3.77. The Kier molecular flexibility index (Phi) is 8.02. The van der Waals surface area contributed by atoms with Crippen molar-refractivity contribution in [2.24, 2.45) is 0 Å². The van der Waals surface area contributed by atoms with Crippen LogP contribution in [0, 0.1) is 0 Å². The SMILES string of the molecule is COC(=O)C1CC(Sc2ccccc2)CN1.Cl.O. The normalized spacial score (nSPS) is 21.6. The van der Waals surface area contributed by atoms with Gasteiger partial charge in [-0.3, -0.25) is 4.79 Å². The number of thioether (sulfide) groups is 1. The van der Waals surface area contributed by atoms with Crippen molar-refractivity contribution in [2.75, 3.05) is 13.7 Å². The third-order valence-electron chi connectivity index (χ3n) is 2.62. The molecule has 1 aromatic rings. The summed E-state index contributed by atoms with van der Waals surface area (Å²) in [6, 6.07) is 10.1. The van der Waals surface area contributed by atoms with Crippen LogP contribution in [0.2, 0.25) is 0 Å². The summed E-state index contributed by atoms with van der Waals surface area (Å²) in [7, 11) is 1.43. The van der Waals surface area contributed by atoms with Gasteiger partial charge in [0.15, 0.2) is 0 Å². The molecule has 0 amide bonds. The Hall–Kier alpha value is -0.750. The molecule has 102 valence electrons. The molecule has 2 rings (SSSR count). The summed E-state index contributed by atoms with van der Waals surface area (Å²) in [5.74, 6) is -0.156. The molecule has 2 atom stereocenters. The summed E-state index contributed by atoms with van der Waals surface area (Å²) >= 11 is 1.81. The van der Waals surface area contributed by atoms with E-state index in [1.165, 1.54) is 12.0 Å². The molecule has 18 heavy (non-hydrogen) atoms. The molecular formula is C12H18ClNO3S. The maximum absolute atomic E-state index is 11.3. The van der Waals surface area contributed by atoms with Crippen LogP contribution in [0.5, 0.6) is 0 Å². The van der Waals surface area contributed by atoms with Crippen molar-refractivity contribution in [2.45, 2.75) is 22.6 Å². The van der Waals surface area contributed by atoms with E-state index < -0.39 is 0 Å². The molecular weight excluding hydrogens is 274 g/mol. The summed E-state index contributed by atoms with van der Waals surface area (Å²) in [6.07, 6.45) is 0.840. The smallest absolute Gasteiger partial charge is 0.322 e. The van der Waals surface area contributed by atoms with Crippen molar-refractivity contribution in [3.05, 3.63) is 30.3 Å². The fourth-order valence-electron chi connectivity index (χ4n) is 1.81. The third kappa shape index (κ3) is 4.49. The molecule has 0 saturated carbocycles. The number of hydrogen-bond acceptors (Lipinski definition) is 4. The maximum atomic E-state index is 11.3. The highest BCUT2D eigenvalue weighted by Gasteiger charge is 2.30. The van der Waals surface area contributed by atoms with Crippen molar-refractivity contribution < 1.29 is 15.0 Å². The zero-order chi connectivity index (χ0) is 11.4. The molecule has 0 aromatic heterocycles. The van der Waals surface area contributed by atoms with Crippen molar-refractivity contribution in [1.82, 2.24) is 5.32 Å². The number of ether oxygens (including phenoxy) is 1. The summed E-state index contributed by atoms with van der Waals surface area (Å²) in [6.45, 7) is 0.860. The van der Waals surface area contributed by atoms with Crippen LogP contribution in [0.15, 0.2) is 35.2 Å². The van der Waals surface area contributed by atoms with E-state index in [0.29, 0.717) is 5.25 Å². The van der Waals surface area contributed by atoms with Gasteiger partial charge in [0.1, 0.15) is 6.04 Å². The van der Waals surface area contributed by atoms with E-state index in [1.54, 1.807) is 0 Å². The molecule has 0 radical (unpaired) electrons. The Morgan fingerprint density at radius 3 is 2.67 bits per heavy atom. The molecule has 1 aliphatic heterocycles. The van der Waals surface area contributed by atoms with Gasteiger partial charge in [-0.25, -0.2) is 0 Å². The number of nitrogens with one attached hydrogen (secondary N) is 1. The zero-order valence-electron chi connectivity index (χ0n) is 10.1. The second kappa shape index (κ2) is 8.37. The zero-order valence-corrected chi connectivity index (χ0v) is 11.7. The Morgan fingerprint density at radius 2 is 2.06 bits per heavy atom. The highest BCUT2D eigenvalue weighted by atomic mass is 35.5. The number of carbonyl (C=O) groups is 1. The minimum Gasteiger partial charge on any atom is -0.468 e. The topological polar surface area (TPSA) is 69.8 Å². The molecule has 4 nitrogen and oxygen atoms in total. The van der Waals surface area contributed by atoms with Crippen molar-refractivity contribution in [1.29, 1.82) is 0 Å². The average molecular weight is 292 g/mol. The quantitative estimate of drug-likeness (QED) is 0.852. The highest BCUT2D eigenvalue weighted by molar-refractivity contribution is 8.00. The summed E-state index contributed by atoms with van der Waals surface area (Å²) in [5.41, 5.74) is 0. The highest BCUT2D eigenvalue weighted by Crippen LogP contribution is 2.28. The first kappa shape index (κ1) is 17.2. The molecule has 0 spiro atoms. The fourth-order valence-corrected chi connectivity index (χ4v) is 2.97. The van der Waals surface area contributed by atoms with Crippen molar-refractivity contribution in [3.63, 3.8) is 0 Å². The van der Waals surface area contributed by atoms with E-state index in [2.05, 4.69) is 17.4 Å². The van der Waals surface area contributed by atoms with Crippen LogP contribution in [0.25, 0.3) is 0 Å². The van der Waals surface area contributed by atoms with E-state index >= 15 is 0 Å². The largest absolute Gasteiger partial charge is 0.468 e. The molecule has 1 heterocycles.